The molecular formula is C16H14Cl2N2. The van der Waals surface area contributed by atoms with Gasteiger partial charge in [0.15, 0.2) is 0 Å². The SMILES string of the molecule is CC(=NN=C(C)c1ccc(Cl)cc1)c1ccc(Cl)cc1. The van der Waals surface area contributed by atoms with Gasteiger partial charge in [-0.25, -0.2) is 0 Å². The molecule has 20 heavy (non-hydrogen) atoms. The van der Waals surface area contributed by atoms with Gasteiger partial charge < -0.3 is 0 Å². The maximum atomic E-state index is 5.86. The van der Waals surface area contributed by atoms with Crippen LogP contribution >= 0.6 is 23.2 Å². The zero-order valence-corrected chi connectivity index (χ0v) is 12.8. The smallest absolute Gasteiger partial charge is 0.0671 e. The Hall–Kier alpha value is -1.64. The molecule has 2 rings (SSSR count). The third-order valence-corrected chi connectivity index (χ3v) is 3.38. The minimum Gasteiger partial charge on any atom is -0.155 e. The number of nitrogens with zero attached hydrogens (tertiary/aromatic N) is 2. The molecule has 2 aromatic carbocycles. The molecule has 102 valence electrons. The van der Waals surface area contributed by atoms with Crippen molar-refractivity contribution in [3.63, 3.8) is 0 Å². The van der Waals surface area contributed by atoms with Crippen molar-refractivity contribution in [1.82, 2.24) is 0 Å². The molecule has 0 heterocycles. The summed E-state index contributed by atoms with van der Waals surface area (Å²) in [6.07, 6.45) is 0. The maximum absolute atomic E-state index is 5.86. The average Bonchev–Trinajstić information content (AvgIpc) is 2.46. The van der Waals surface area contributed by atoms with Crippen LogP contribution in [0, 0.1) is 0 Å². The third kappa shape index (κ3) is 3.92. The third-order valence-electron chi connectivity index (χ3n) is 2.87. The molecule has 0 saturated heterocycles. The van der Waals surface area contributed by atoms with Crippen molar-refractivity contribution in [3.8, 4) is 0 Å². The molecule has 0 saturated carbocycles. The van der Waals surface area contributed by atoms with E-state index in [1.807, 2.05) is 62.4 Å². The van der Waals surface area contributed by atoms with Crippen LogP contribution in [-0.4, -0.2) is 11.4 Å². The Balaban J connectivity index is 2.19. The van der Waals surface area contributed by atoms with Crippen LogP contribution in [0.2, 0.25) is 10.0 Å². The van der Waals surface area contributed by atoms with Crippen molar-refractivity contribution < 1.29 is 0 Å². The lowest BCUT2D eigenvalue weighted by Crippen LogP contribution is -1.96. The van der Waals surface area contributed by atoms with E-state index >= 15 is 0 Å². The lowest BCUT2D eigenvalue weighted by atomic mass is 10.1. The van der Waals surface area contributed by atoms with Crippen molar-refractivity contribution in [1.29, 1.82) is 0 Å². The van der Waals surface area contributed by atoms with Crippen molar-refractivity contribution >= 4 is 34.6 Å². The monoisotopic (exact) mass is 304 g/mol. The molecule has 0 aliphatic carbocycles. The number of rotatable bonds is 3. The van der Waals surface area contributed by atoms with E-state index in [-0.39, 0.29) is 0 Å². The quantitative estimate of drug-likeness (QED) is 0.548. The first kappa shape index (κ1) is 14.8. The predicted octanol–water partition coefficient (Wildman–Crippen LogP) is 5.23. The Labute approximate surface area is 128 Å². The minimum atomic E-state index is 0.711. The molecule has 2 aromatic rings. The molecule has 0 fully saturated rings. The van der Waals surface area contributed by atoms with E-state index in [0.29, 0.717) is 10.0 Å². The fourth-order valence-corrected chi connectivity index (χ4v) is 1.90. The summed E-state index contributed by atoms with van der Waals surface area (Å²) in [4.78, 5) is 0. The van der Waals surface area contributed by atoms with Crippen LogP contribution in [0.15, 0.2) is 58.7 Å². The topological polar surface area (TPSA) is 24.7 Å². The molecule has 0 unspecified atom stereocenters. The highest BCUT2D eigenvalue weighted by atomic mass is 35.5. The first-order valence-electron chi connectivity index (χ1n) is 6.17. The highest BCUT2D eigenvalue weighted by molar-refractivity contribution is 6.31. The maximum Gasteiger partial charge on any atom is 0.0671 e. The summed E-state index contributed by atoms with van der Waals surface area (Å²) in [5.41, 5.74) is 3.69. The lowest BCUT2D eigenvalue weighted by Gasteiger charge is -2.01. The number of hydrogen-bond acceptors (Lipinski definition) is 2. The number of halogens is 2. The van der Waals surface area contributed by atoms with Gasteiger partial charge in [-0.1, -0.05) is 47.5 Å². The molecular weight excluding hydrogens is 291 g/mol. The summed E-state index contributed by atoms with van der Waals surface area (Å²) in [5.74, 6) is 0. The molecule has 0 N–H and O–H groups in total. The first-order chi connectivity index (χ1) is 9.56. The Morgan fingerprint density at radius 1 is 0.650 bits per heavy atom. The molecule has 0 aliphatic heterocycles. The van der Waals surface area contributed by atoms with Crippen LogP contribution in [-0.2, 0) is 0 Å². The molecule has 0 atom stereocenters. The van der Waals surface area contributed by atoms with E-state index in [0.717, 1.165) is 22.6 Å². The van der Waals surface area contributed by atoms with Crippen molar-refractivity contribution in [2.24, 2.45) is 10.2 Å². The largest absolute Gasteiger partial charge is 0.155 e. The molecule has 2 nitrogen and oxygen atoms in total. The van der Waals surface area contributed by atoms with Crippen LogP contribution in [0.1, 0.15) is 25.0 Å². The summed E-state index contributed by atoms with van der Waals surface area (Å²) in [7, 11) is 0. The van der Waals surface area contributed by atoms with Gasteiger partial charge in [-0.05, 0) is 49.2 Å². The van der Waals surface area contributed by atoms with E-state index < -0.39 is 0 Å². The van der Waals surface area contributed by atoms with Crippen LogP contribution in [0.5, 0.6) is 0 Å². The van der Waals surface area contributed by atoms with Crippen molar-refractivity contribution in [3.05, 3.63) is 69.7 Å². The average molecular weight is 305 g/mol. The second-order valence-electron chi connectivity index (χ2n) is 4.38. The Bertz CT molecular complexity index is 582. The van der Waals surface area contributed by atoms with Gasteiger partial charge in [0, 0.05) is 10.0 Å². The molecule has 0 aliphatic rings. The summed E-state index contributed by atoms with van der Waals surface area (Å²) < 4.78 is 0. The molecule has 0 radical (unpaired) electrons. The van der Waals surface area contributed by atoms with E-state index in [1.54, 1.807) is 0 Å². The predicted molar refractivity (Wildman–Crippen MR) is 87.3 cm³/mol. The fraction of sp³-hybridized carbons (Fsp3) is 0.125. The van der Waals surface area contributed by atoms with Gasteiger partial charge in [-0.3, -0.25) is 0 Å². The first-order valence-corrected chi connectivity index (χ1v) is 6.92. The normalized spacial score (nSPS) is 12.6. The van der Waals surface area contributed by atoms with E-state index in [4.69, 9.17) is 23.2 Å². The molecule has 0 amide bonds. The highest BCUT2D eigenvalue weighted by Crippen LogP contribution is 2.12. The summed E-state index contributed by atoms with van der Waals surface area (Å²) in [6.45, 7) is 3.84. The number of benzene rings is 2. The Kier molecular flexibility index (Phi) is 4.94. The lowest BCUT2D eigenvalue weighted by molar-refractivity contribution is 1.22. The highest BCUT2D eigenvalue weighted by Gasteiger charge is 1.99. The van der Waals surface area contributed by atoms with E-state index in [2.05, 4.69) is 10.2 Å². The van der Waals surface area contributed by atoms with Crippen LogP contribution in [0.3, 0.4) is 0 Å². The summed E-state index contributed by atoms with van der Waals surface area (Å²) >= 11 is 11.7. The zero-order valence-electron chi connectivity index (χ0n) is 11.3. The number of hydrogen-bond donors (Lipinski definition) is 0. The summed E-state index contributed by atoms with van der Waals surface area (Å²) in [5, 5.41) is 9.92. The standard InChI is InChI=1S/C16H14Cl2N2/c1-11(13-3-7-15(17)8-4-13)19-20-12(2)14-5-9-16(18)10-6-14/h3-10H,1-2H3. The molecule has 0 spiro atoms. The van der Waals surface area contributed by atoms with Gasteiger partial charge >= 0.3 is 0 Å². The zero-order chi connectivity index (χ0) is 14.5. The van der Waals surface area contributed by atoms with E-state index in [9.17, 15) is 0 Å². The molecule has 0 bridgehead atoms. The second kappa shape index (κ2) is 6.69. The van der Waals surface area contributed by atoms with Crippen molar-refractivity contribution in [2.75, 3.05) is 0 Å². The Morgan fingerprint density at radius 3 is 1.25 bits per heavy atom. The van der Waals surface area contributed by atoms with E-state index in [1.165, 1.54) is 0 Å². The Morgan fingerprint density at radius 2 is 0.950 bits per heavy atom. The van der Waals surface area contributed by atoms with Gasteiger partial charge in [-0.15, -0.1) is 0 Å². The summed E-state index contributed by atoms with van der Waals surface area (Å²) in [6, 6.07) is 15.1. The fourth-order valence-electron chi connectivity index (χ4n) is 1.65. The van der Waals surface area contributed by atoms with Gasteiger partial charge in [0.2, 0.25) is 0 Å². The van der Waals surface area contributed by atoms with Gasteiger partial charge in [0.1, 0.15) is 0 Å². The molecule has 4 heteroatoms. The van der Waals surface area contributed by atoms with Crippen LogP contribution in [0.25, 0.3) is 0 Å². The van der Waals surface area contributed by atoms with Crippen LogP contribution < -0.4 is 0 Å². The van der Waals surface area contributed by atoms with Crippen molar-refractivity contribution in [2.45, 2.75) is 13.8 Å². The minimum absolute atomic E-state index is 0.711. The second-order valence-corrected chi connectivity index (χ2v) is 5.26. The van der Waals surface area contributed by atoms with Gasteiger partial charge in [-0.2, -0.15) is 10.2 Å². The van der Waals surface area contributed by atoms with Gasteiger partial charge in [0.25, 0.3) is 0 Å². The van der Waals surface area contributed by atoms with Crippen LogP contribution in [0.4, 0.5) is 0 Å². The van der Waals surface area contributed by atoms with Gasteiger partial charge in [0.05, 0.1) is 11.4 Å². The molecule has 0 aromatic heterocycles.